The molecule has 0 saturated carbocycles. The van der Waals surface area contributed by atoms with Crippen molar-refractivity contribution in [3.05, 3.63) is 0 Å². The Balaban J connectivity index is 2.17. The summed E-state index contributed by atoms with van der Waals surface area (Å²) in [5.74, 6) is 0.634. The lowest BCUT2D eigenvalue weighted by Crippen LogP contribution is -2.36. The second kappa shape index (κ2) is 4.34. The Bertz CT molecular complexity index is 127. The van der Waals surface area contributed by atoms with Gasteiger partial charge >= 0.3 is 6.41 Å². The molecule has 0 aliphatic carbocycles. The maximum Gasteiger partial charge on any atom is 0.309 e. The second-order valence-corrected chi connectivity index (χ2v) is 3.25. The van der Waals surface area contributed by atoms with Crippen LogP contribution in [0.25, 0.3) is 0 Å². The normalized spacial score (nSPS) is 26.5. The number of piperidine rings is 1. The van der Waals surface area contributed by atoms with Crippen molar-refractivity contribution in [1.82, 2.24) is 10.2 Å². The summed E-state index contributed by atoms with van der Waals surface area (Å²) in [7, 11) is 2.12. The summed E-state index contributed by atoms with van der Waals surface area (Å²) in [5.41, 5.74) is 0. The number of hydrogen-bond acceptors (Lipinski definition) is 2. The molecule has 0 bridgehead atoms. The SMILES string of the molecule is CN1CCCC(CN[C]=O)C1. The average molecular weight is 155 g/mol. The summed E-state index contributed by atoms with van der Waals surface area (Å²) in [6.45, 7) is 3.09. The summed E-state index contributed by atoms with van der Waals surface area (Å²) < 4.78 is 0. The van der Waals surface area contributed by atoms with E-state index in [4.69, 9.17) is 0 Å². The van der Waals surface area contributed by atoms with Crippen molar-refractivity contribution in [2.45, 2.75) is 12.8 Å². The van der Waals surface area contributed by atoms with Crippen LogP contribution < -0.4 is 5.32 Å². The Morgan fingerprint density at radius 3 is 3.18 bits per heavy atom. The van der Waals surface area contributed by atoms with Crippen molar-refractivity contribution in [1.29, 1.82) is 0 Å². The summed E-state index contributed by atoms with van der Waals surface area (Å²) >= 11 is 0. The monoisotopic (exact) mass is 155 g/mol. The van der Waals surface area contributed by atoms with E-state index in [0.717, 1.165) is 13.1 Å². The third-order valence-electron chi connectivity index (χ3n) is 2.18. The summed E-state index contributed by atoms with van der Waals surface area (Å²) in [5, 5.41) is 2.61. The standard InChI is InChI=1S/C8H15N2O/c1-10-4-2-3-8(6-10)5-9-7-11/h8H,2-6H2,1H3,(H,9,11). The minimum absolute atomic E-state index is 0.634. The zero-order chi connectivity index (χ0) is 8.10. The minimum atomic E-state index is 0.634. The Labute approximate surface area is 67.8 Å². The number of hydrogen-bond donors (Lipinski definition) is 1. The molecule has 1 heterocycles. The molecule has 1 saturated heterocycles. The van der Waals surface area contributed by atoms with Crippen molar-refractivity contribution in [3.63, 3.8) is 0 Å². The maximum atomic E-state index is 9.88. The van der Waals surface area contributed by atoms with Crippen molar-refractivity contribution >= 4 is 6.41 Å². The first-order valence-corrected chi connectivity index (χ1v) is 4.11. The number of nitrogens with one attached hydrogen (secondary N) is 1. The van der Waals surface area contributed by atoms with Crippen LogP contribution in [0.2, 0.25) is 0 Å². The third kappa shape index (κ3) is 2.89. The number of carbonyl (C=O) groups excluding carboxylic acids is 1. The van der Waals surface area contributed by atoms with E-state index in [1.165, 1.54) is 19.4 Å². The van der Waals surface area contributed by atoms with Gasteiger partial charge in [-0.05, 0) is 32.4 Å². The van der Waals surface area contributed by atoms with Gasteiger partial charge in [0.15, 0.2) is 0 Å². The highest BCUT2D eigenvalue weighted by atomic mass is 16.1. The van der Waals surface area contributed by atoms with Gasteiger partial charge < -0.3 is 10.2 Å². The van der Waals surface area contributed by atoms with E-state index in [2.05, 4.69) is 17.3 Å². The van der Waals surface area contributed by atoms with E-state index < -0.39 is 0 Å². The van der Waals surface area contributed by atoms with Crippen molar-refractivity contribution < 1.29 is 4.79 Å². The quantitative estimate of drug-likeness (QED) is 0.581. The Kier molecular flexibility index (Phi) is 3.36. The van der Waals surface area contributed by atoms with Gasteiger partial charge in [-0.25, -0.2) is 0 Å². The number of amides is 1. The molecule has 1 unspecified atom stereocenters. The van der Waals surface area contributed by atoms with E-state index in [-0.39, 0.29) is 0 Å². The van der Waals surface area contributed by atoms with Crippen LogP contribution in [-0.4, -0.2) is 38.0 Å². The Hall–Kier alpha value is -0.570. The molecule has 1 rings (SSSR count). The van der Waals surface area contributed by atoms with Crippen LogP contribution in [0.1, 0.15) is 12.8 Å². The maximum absolute atomic E-state index is 9.88. The van der Waals surface area contributed by atoms with Crippen LogP contribution in [0.5, 0.6) is 0 Å². The molecular weight excluding hydrogens is 140 g/mol. The molecule has 0 aromatic carbocycles. The molecule has 0 aromatic heterocycles. The lowest BCUT2D eigenvalue weighted by Gasteiger charge is -2.29. The lowest BCUT2D eigenvalue weighted by atomic mass is 9.99. The van der Waals surface area contributed by atoms with Gasteiger partial charge in [0.25, 0.3) is 0 Å². The third-order valence-corrected chi connectivity index (χ3v) is 2.18. The van der Waals surface area contributed by atoms with Crippen molar-refractivity contribution in [3.8, 4) is 0 Å². The number of nitrogens with zero attached hydrogens (tertiary/aromatic N) is 1. The highest BCUT2D eigenvalue weighted by molar-refractivity contribution is 5.46. The zero-order valence-corrected chi connectivity index (χ0v) is 6.97. The largest absolute Gasteiger partial charge is 0.348 e. The Morgan fingerprint density at radius 2 is 2.55 bits per heavy atom. The average Bonchev–Trinajstić information content (AvgIpc) is 2.01. The first-order valence-electron chi connectivity index (χ1n) is 4.11. The molecule has 0 aromatic rings. The fourth-order valence-electron chi connectivity index (χ4n) is 1.63. The molecule has 0 spiro atoms. The summed E-state index contributed by atoms with van der Waals surface area (Å²) in [6.07, 6.45) is 4.20. The predicted molar refractivity (Wildman–Crippen MR) is 43.9 cm³/mol. The van der Waals surface area contributed by atoms with Crippen molar-refractivity contribution in [2.24, 2.45) is 5.92 Å². The molecule has 63 valence electrons. The topological polar surface area (TPSA) is 32.3 Å². The van der Waals surface area contributed by atoms with Gasteiger partial charge in [-0.15, -0.1) is 0 Å². The van der Waals surface area contributed by atoms with E-state index in [0.29, 0.717) is 5.92 Å². The van der Waals surface area contributed by atoms with Crippen LogP contribution in [0.15, 0.2) is 0 Å². The number of rotatable bonds is 3. The summed E-state index contributed by atoms with van der Waals surface area (Å²) in [4.78, 5) is 12.2. The zero-order valence-electron chi connectivity index (χ0n) is 6.97. The minimum Gasteiger partial charge on any atom is -0.348 e. The van der Waals surface area contributed by atoms with Gasteiger partial charge in [-0.3, -0.25) is 4.79 Å². The van der Waals surface area contributed by atoms with E-state index >= 15 is 0 Å². The van der Waals surface area contributed by atoms with E-state index in [1.807, 2.05) is 0 Å². The highest BCUT2D eigenvalue weighted by Gasteiger charge is 2.15. The van der Waals surface area contributed by atoms with Gasteiger partial charge in [0.1, 0.15) is 0 Å². The molecule has 1 fully saturated rings. The van der Waals surface area contributed by atoms with Crippen LogP contribution in [0.3, 0.4) is 0 Å². The van der Waals surface area contributed by atoms with Gasteiger partial charge in [-0.2, -0.15) is 0 Å². The molecule has 1 radical (unpaired) electrons. The molecular formula is C8H15N2O. The first-order chi connectivity index (χ1) is 5.33. The van der Waals surface area contributed by atoms with Gasteiger partial charge in [0.2, 0.25) is 0 Å². The molecule has 3 nitrogen and oxygen atoms in total. The molecule has 3 heteroatoms. The van der Waals surface area contributed by atoms with E-state index in [9.17, 15) is 4.79 Å². The molecule has 11 heavy (non-hydrogen) atoms. The lowest BCUT2D eigenvalue weighted by molar-refractivity contribution is 0.210. The smallest absolute Gasteiger partial charge is 0.309 e. The summed E-state index contributed by atoms with van der Waals surface area (Å²) in [6, 6.07) is 0. The van der Waals surface area contributed by atoms with Crippen molar-refractivity contribution in [2.75, 3.05) is 26.7 Å². The Morgan fingerprint density at radius 1 is 1.73 bits per heavy atom. The van der Waals surface area contributed by atoms with Crippen LogP contribution in [0.4, 0.5) is 0 Å². The van der Waals surface area contributed by atoms with Crippen LogP contribution in [-0.2, 0) is 4.79 Å². The molecule has 1 atom stereocenters. The first kappa shape index (κ1) is 8.53. The van der Waals surface area contributed by atoms with Gasteiger partial charge in [-0.1, -0.05) is 0 Å². The molecule has 1 aliphatic rings. The second-order valence-electron chi connectivity index (χ2n) is 3.25. The van der Waals surface area contributed by atoms with Crippen LogP contribution in [0, 0.1) is 5.92 Å². The fourth-order valence-corrected chi connectivity index (χ4v) is 1.63. The highest BCUT2D eigenvalue weighted by Crippen LogP contribution is 2.13. The van der Waals surface area contributed by atoms with E-state index in [1.54, 1.807) is 6.41 Å². The molecule has 1 aliphatic heterocycles. The fraction of sp³-hybridized carbons (Fsp3) is 0.875. The van der Waals surface area contributed by atoms with Gasteiger partial charge in [0, 0.05) is 13.1 Å². The van der Waals surface area contributed by atoms with Crippen LogP contribution >= 0.6 is 0 Å². The van der Waals surface area contributed by atoms with Gasteiger partial charge in [0.05, 0.1) is 0 Å². The predicted octanol–water partition coefficient (Wildman–Crippen LogP) is -0.0150. The molecule has 1 amide bonds. The molecule has 1 N–H and O–H groups in total. The number of likely N-dealkylation sites (tertiary alicyclic amines) is 1.